The van der Waals surface area contributed by atoms with E-state index in [9.17, 15) is 15.0 Å². The minimum atomic E-state index is -0.873. The molecule has 272 valence electrons. The summed E-state index contributed by atoms with van der Waals surface area (Å²) in [5.41, 5.74) is 0. The topological polar surface area (TPSA) is 69.6 Å². The molecule has 0 saturated carbocycles. The van der Waals surface area contributed by atoms with Gasteiger partial charge in [0.25, 0.3) is 0 Å². The molecule has 0 rings (SSSR count). The highest BCUT2D eigenvalue weighted by Crippen LogP contribution is 2.12. The number of carbonyl (C=O) groups is 1. The Morgan fingerprint density at radius 3 is 1.43 bits per heavy atom. The average Bonchev–Trinajstić information content (AvgIpc) is 3.07. The molecule has 2 atom stereocenters. The molecular formula is C43H77NO3. The lowest BCUT2D eigenvalue weighted by Crippen LogP contribution is -2.45. The van der Waals surface area contributed by atoms with Crippen LogP contribution in [0.5, 0.6) is 0 Å². The molecule has 0 aliphatic heterocycles. The minimum absolute atomic E-state index is 0.0895. The van der Waals surface area contributed by atoms with E-state index in [1.807, 2.05) is 6.08 Å². The number of rotatable bonds is 35. The van der Waals surface area contributed by atoms with Crippen molar-refractivity contribution < 1.29 is 15.0 Å². The number of unbranched alkanes of at least 4 members (excludes halogenated alkanes) is 20. The maximum atomic E-state index is 12.3. The van der Waals surface area contributed by atoms with Gasteiger partial charge < -0.3 is 15.5 Å². The molecule has 0 aliphatic carbocycles. The van der Waals surface area contributed by atoms with Gasteiger partial charge in [0.15, 0.2) is 0 Å². The first-order chi connectivity index (χ1) is 23.2. The monoisotopic (exact) mass is 656 g/mol. The molecule has 0 aliphatic rings. The quantitative estimate of drug-likeness (QED) is 0.0470. The molecule has 0 aromatic carbocycles. The Bertz CT molecular complexity index is 797. The number of carbonyl (C=O) groups excluding carboxylic acids is 1. The van der Waals surface area contributed by atoms with Crippen molar-refractivity contribution in [1.82, 2.24) is 5.32 Å². The van der Waals surface area contributed by atoms with Gasteiger partial charge in [-0.2, -0.15) is 0 Å². The molecule has 0 spiro atoms. The fourth-order valence-electron chi connectivity index (χ4n) is 5.58. The molecule has 47 heavy (non-hydrogen) atoms. The third kappa shape index (κ3) is 35.2. The van der Waals surface area contributed by atoms with Crippen molar-refractivity contribution in [1.29, 1.82) is 0 Å². The maximum Gasteiger partial charge on any atom is 0.220 e. The molecule has 0 aromatic heterocycles. The van der Waals surface area contributed by atoms with Gasteiger partial charge in [0.1, 0.15) is 0 Å². The maximum absolute atomic E-state index is 12.3. The summed E-state index contributed by atoms with van der Waals surface area (Å²) in [6.07, 6.45) is 53.2. The molecule has 4 nitrogen and oxygen atoms in total. The third-order valence-electron chi connectivity index (χ3n) is 8.70. The van der Waals surface area contributed by atoms with Crippen molar-refractivity contribution in [2.45, 2.75) is 199 Å². The van der Waals surface area contributed by atoms with Gasteiger partial charge in [-0.05, 0) is 70.6 Å². The second kappa shape index (κ2) is 38.5. The number of aliphatic hydroxyl groups is 2. The van der Waals surface area contributed by atoms with Crippen LogP contribution >= 0.6 is 0 Å². The summed E-state index contributed by atoms with van der Waals surface area (Å²) in [5.74, 6) is -0.0895. The normalized spacial score (nSPS) is 13.7. The van der Waals surface area contributed by atoms with Gasteiger partial charge in [-0.15, -0.1) is 0 Å². The van der Waals surface area contributed by atoms with E-state index >= 15 is 0 Å². The molecule has 0 fully saturated rings. The molecule has 4 heteroatoms. The van der Waals surface area contributed by atoms with Crippen LogP contribution in [0.2, 0.25) is 0 Å². The number of nitrogens with one attached hydrogen (secondary N) is 1. The fraction of sp³-hybridized carbons (Fsp3) is 0.744. The Balaban J connectivity index is 3.64. The number of allylic oxidation sites excluding steroid dienone is 9. The van der Waals surface area contributed by atoms with Crippen LogP contribution in [0.4, 0.5) is 0 Å². The van der Waals surface area contributed by atoms with E-state index < -0.39 is 12.1 Å². The van der Waals surface area contributed by atoms with Crippen LogP contribution in [0.15, 0.2) is 60.8 Å². The lowest BCUT2D eigenvalue weighted by molar-refractivity contribution is -0.123. The first-order valence-corrected chi connectivity index (χ1v) is 20.0. The minimum Gasteiger partial charge on any atom is -0.394 e. The van der Waals surface area contributed by atoms with Crippen molar-refractivity contribution in [2.24, 2.45) is 0 Å². The van der Waals surface area contributed by atoms with E-state index in [1.165, 1.54) is 116 Å². The van der Waals surface area contributed by atoms with Crippen LogP contribution in [-0.4, -0.2) is 34.9 Å². The lowest BCUT2D eigenvalue weighted by atomic mass is 10.1. The lowest BCUT2D eigenvalue weighted by Gasteiger charge is -2.19. The van der Waals surface area contributed by atoms with Gasteiger partial charge >= 0.3 is 0 Å². The Labute approximate surface area is 292 Å². The molecule has 0 heterocycles. The van der Waals surface area contributed by atoms with E-state index in [1.54, 1.807) is 6.08 Å². The zero-order valence-electron chi connectivity index (χ0n) is 31.0. The molecule has 0 saturated heterocycles. The summed E-state index contributed by atoms with van der Waals surface area (Å²) >= 11 is 0. The Morgan fingerprint density at radius 2 is 0.915 bits per heavy atom. The summed E-state index contributed by atoms with van der Waals surface area (Å²) < 4.78 is 0. The van der Waals surface area contributed by atoms with Gasteiger partial charge in [0.2, 0.25) is 5.91 Å². The van der Waals surface area contributed by atoms with Crippen LogP contribution in [0.1, 0.15) is 187 Å². The van der Waals surface area contributed by atoms with Gasteiger partial charge in [-0.1, -0.05) is 171 Å². The number of hydrogen-bond donors (Lipinski definition) is 3. The SMILES string of the molecule is CCCC/C=C/CC/C=C/CC/C=C/C(O)C(CO)NC(=O)CCCCCCCCC/C=C\C/C=C\CCCCCCCCCCC. The summed E-state index contributed by atoms with van der Waals surface area (Å²) in [6, 6.07) is -0.650. The van der Waals surface area contributed by atoms with E-state index in [4.69, 9.17) is 0 Å². The van der Waals surface area contributed by atoms with Crippen LogP contribution in [0.25, 0.3) is 0 Å². The van der Waals surface area contributed by atoms with Crippen molar-refractivity contribution in [3.8, 4) is 0 Å². The fourth-order valence-corrected chi connectivity index (χ4v) is 5.58. The van der Waals surface area contributed by atoms with Crippen molar-refractivity contribution in [2.75, 3.05) is 6.61 Å². The van der Waals surface area contributed by atoms with Crippen LogP contribution in [0.3, 0.4) is 0 Å². The van der Waals surface area contributed by atoms with Crippen LogP contribution in [0, 0.1) is 0 Å². The second-order valence-corrected chi connectivity index (χ2v) is 13.3. The Morgan fingerprint density at radius 1 is 0.511 bits per heavy atom. The highest BCUT2D eigenvalue weighted by atomic mass is 16.3. The Kier molecular flexibility index (Phi) is 37.0. The van der Waals surface area contributed by atoms with Crippen molar-refractivity contribution >= 4 is 5.91 Å². The van der Waals surface area contributed by atoms with Gasteiger partial charge in [-0.25, -0.2) is 0 Å². The predicted octanol–water partition coefficient (Wildman–Crippen LogP) is 12.2. The molecule has 0 bridgehead atoms. The second-order valence-electron chi connectivity index (χ2n) is 13.3. The summed E-state index contributed by atoms with van der Waals surface area (Å²) in [6.45, 7) is 4.23. The molecule has 3 N–H and O–H groups in total. The summed E-state index contributed by atoms with van der Waals surface area (Å²) in [5, 5.41) is 22.8. The van der Waals surface area contributed by atoms with Crippen LogP contribution in [-0.2, 0) is 4.79 Å². The van der Waals surface area contributed by atoms with Crippen molar-refractivity contribution in [3.63, 3.8) is 0 Å². The first-order valence-electron chi connectivity index (χ1n) is 20.0. The van der Waals surface area contributed by atoms with E-state index in [-0.39, 0.29) is 12.5 Å². The molecule has 1 amide bonds. The summed E-state index contributed by atoms with van der Waals surface area (Å²) in [4.78, 5) is 12.3. The molecule has 0 aromatic rings. The largest absolute Gasteiger partial charge is 0.394 e. The van der Waals surface area contributed by atoms with E-state index in [2.05, 4.69) is 67.8 Å². The van der Waals surface area contributed by atoms with Gasteiger partial charge in [0, 0.05) is 6.42 Å². The highest BCUT2D eigenvalue weighted by Gasteiger charge is 2.17. The molecular weight excluding hydrogens is 578 g/mol. The van der Waals surface area contributed by atoms with Crippen molar-refractivity contribution in [3.05, 3.63) is 60.8 Å². The van der Waals surface area contributed by atoms with Gasteiger partial charge in [-0.3, -0.25) is 4.79 Å². The highest BCUT2D eigenvalue weighted by molar-refractivity contribution is 5.76. The standard InChI is InChI=1S/C43H77NO3/c1-3-5-7-9-11-13-15-17-18-19-20-21-22-23-24-25-26-27-29-31-33-35-37-39-43(47)44-41(40-45)42(46)38-36-34-32-30-28-16-14-12-10-8-6-4-2/h10,12,20-21,23-24,28,30,36,38,41-42,45-46H,3-9,11,13-19,22,25-27,29,31-35,37,39-40H2,1-2H3,(H,44,47)/b12-10+,21-20-,24-23-,30-28+,38-36+. The predicted molar refractivity (Wildman–Crippen MR) is 207 cm³/mol. The number of amides is 1. The smallest absolute Gasteiger partial charge is 0.220 e. The molecule has 0 radical (unpaired) electrons. The van der Waals surface area contributed by atoms with Gasteiger partial charge in [0.05, 0.1) is 18.8 Å². The van der Waals surface area contributed by atoms with E-state index in [0.29, 0.717) is 6.42 Å². The first kappa shape index (κ1) is 45.1. The number of hydrogen-bond acceptors (Lipinski definition) is 3. The average molecular weight is 656 g/mol. The van der Waals surface area contributed by atoms with E-state index in [0.717, 1.165) is 51.4 Å². The van der Waals surface area contributed by atoms with Crippen LogP contribution < -0.4 is 5.32 Å². The Hall–Kier alpha value is -1.91. The third-order valence-corrected chi connectivity index (χ3v) is 8.70. The zero-order chi connectivity index (χ0) is 34.3. The number of aliphatic hydroxyl groups excluding tert-OH is 2. The summed E-state index contributed by atoms with van der Waals surface area (Å²) in [7, 11) is 0. The zero-order valence-corrected chi connectivity index (χ0v) is 31.0. The molecule has 2 unspecified atom stereocenters.